The fourth-order valence-electron chi connectivity index (χ4n) is 3.30. The van der Waals surface area contributed by atoms with E-state index in [4.69, 9.17) is 0 Å². The van der Waals surface area contributed by atoms with Gasteiger partial charge in [0.2, 0.25) is 0 Å². The van der Waals surface area contributed by atoms with Crippen molar-refractivity contribution in [3.63, 3.8) is 0 Å². The molecule has 1 aliphatic heterocycles. The standard InChI is InChI=1S/C19H17F3N4O2S/c1-10-4-5-14(27)11(7-10)24-18(28)13-9-17-23-12(15-3-2-6-29-15)8-16(19(20,21)22)26(17)25-13/h2-7,9,12,16,23,27H,8H2,1H3,(H,24,28)/t12-,16-/m1/s1. The zero-order valence-corrected chi connectivity index (χ0v) is 16.0. The molecule has 29 heavy (non-hydrogen) atoms. The zero-order valence-electron chi connectivity index (χ0n) is 15.2. The number of alkyl halides is 3. The molecular formula is C19H17F3N4O2S. The SMILES string of the molecule is Cc1ccc(O)c(NC(=O)c2cc3n(n2)[C@@H](C(F)(F)F)C[C@H](c2cccs2)N3)c1. The maximum Gasteiger partial charge on any atom is 0.410 e. The molecule has 2 aromatic heterocycles. The summed E-state index contributed by atoms with van der Waals surface area (Å²) >= 11 is 1.37. The average Bonchev–Trinajstić information content (AvgIpc) is 3.32. The molecule has 0 bridgehead atoms. The van der Waals surface area contributed by atoms with E-state index < -0.39 is 24.2 Å². The number of aryl methyl sites for hydroxylation is 1. The number of amides is 1. The van der Waals surface area contributed by atoms with E-state index in [0.29, 0.717) is 0 Å². The van der Waals surface area contributed by atoms with Gasteiger partial charge >= 0.3 is 6.18 Å². The lowest BCUT2D eigenvalue weighted by molar-refractivity contribution is -0.173. The van der Waals surface area contributed by atoms with Gasteiger partial charge in [-0.15, -0.1) is 11.3 Å². The monoisotopic (exact) mass is 422 g/mol. The molecule has 4 rings (SSSR count). The summed E-state index contributed by atoms with van der Waals surface area (Å²) in [5.74, 6) is -0.726. The summed E-state index contributed by atoms with van der Waals surface area (Å²) in [6.45, 7) is 1.78. The van der Waals surface area contributed by atoms with E-state index in [2.05, 4.69) is 15.7 Å². The van der Waals surface area contributed by atoms with Gasteiger partial charge < -0.3 is 15.7 Å². The highest BCUT2D eigenvalue weighted by Crippen LogP contribution is 2.44. The minimum Gasteiger partial charge on any atom is -0.506 e. The first-order valence-corrected chi connectivity index (χ1v) is 9.67. The van der Waals surface area contributed by atoms with Crippen molar-refractivity contribution >= 4 is 28.7 Å². The lowest BCUT2D eigenvalue weighted by Crippen LogP contribution is -2.35. The summed E-state index contributed by atoms with van der Waals surface area (Å²) in [6, 6.07) is 7.13. The third kappa shape index (κ3) is 3.80. The van der Waals surface area contributed by atoms with Crippen LogP contribution in [0.3, 0.4) is 0 Å². The van der Waals surface area contributed by atoms with E-state index in [1.165, 1.54) is 23.5 Å². The van der Waals surface area contributed by atoms with Crippen molar-refractivity contribution in [2.24, 2.45) is 0 Å². The molecule has 0 saturated carbocycles. The number of phenolic OH excluding ortho intramolecular Hbond substituents is 1. The summed E-state index contributed by atoms with van der Waals surface area (Å²) in [5, 5.41) is 21.1. The molecule has 6 nitrogen and oxygen atoms in total. The van der Waals surface area contributed by atoms with Gasteiger partial charge in [-0.2, -0.15) is 18.3 Å². The maximum absolute atomic E-state index is 13.7. The smallest absolute Gasteiger partial charge is 0.410 e. The van der Waals surface area contributed by atoms with Crippen LogP contribution in [0.25, 0.3) is 0 Å². The molecule has 0 spiro atoms. The van der Waals surface area contributed by atoms with Gasteiger partial charge in [0.25, 0.3) is 5.91 Å². The van der Waals surface area contributed by atoms with Crippen molar-refractivity contribution < 1.29 is 23.1 Å². The number of carbonyl (C=O) groups excluding carboxylic acids is 1. The van der Waals surface area contributed by atoms with Crippen LogP contribution in [0.4, 0.5) is 24.7 Å². The minimum atomic E-state index is -4.51. The third-order valence-corrected chi connectivity index (χ3v) is 5.70. The first-order chi connectivity index (χ1) is 13.7. The number of aromatic nitrogens is 2. The molecule has 1 aromatic carbocycles. The average molecular weight is 422 g/mol. The number of benzene rings is 1. The second-order valence-corrected chi connectivity index (χ2v) is 7.82. The summed E-state index contributed by atoms with van der Waals surface area (Å²) in [6.07, 6.45) is -4.74. The molecule has 152 valence electrons. The molecule has 0 saturated heterocycles. The molecule has 1 amide bonds. The predicted molar refractivity (Wildman–Crippen MR) is 103 cm³/mol. The second-order valence-electron chi connectivity index (χ2n) is 6.84. The molecular weight excluding hydrogens is 405 g/mol. The van der Waals surface area contributed by atoms with E-state index in [0.717, 1.165) is 15.1 Å². The van der Waals surface area contributed by atoms with E-state index >= 15 is 0 Å². The van der Waals surface area contributed by atoms with Gasteiger partial charge in [-0.1, -0.05) is 12.1 Å². The fourth-order valence-corrected chi connectivity index (χ4v) is 4.09. The van der Waals surface area contributed by atoms with Crippen molar-refractivity contribution in [2.75, 3.05) is 10.6 Å². The van der Waals surface area contributed by atoms with Crippen molar-refractivity contribution in [1.29, 1.82) is 0 Å². The quantitative estimate of drug-likeness (QED) is 0.526. The van der Waals surface area contributed by atoms with Crippen LogP contribution in [0, 0.1) is 6.92 Å². The van der Waals surface area contributed by atoms with Crippen molar-refractivity contribution in [3.8, 4) is 5.75 Å². The van der Waals surface area contributed by atoms with Crippen LogP contribution in [0.1, 0.15) is 39.4 Å². The number of hydrogen-bond donors (Lipinski definition) is 3. The van der Waals surface area contributed by atoms with E-state index in [9.17, 15) is 23.1 Å². The number of carbonyl (C=O) groups is 1. The van der Waals surface area contributed by atoms with Crippen LogP contribution in [0.5, 0.6) is 5.75 Å². The topological polar surface area (TPSA) is 79.2 Å². The number of nitrogens with one attached hydrogen (secondary N) is 2. The van der Waals surface area contributed by atoms with Crippen LogP contribution >= 0.6 is 11.3 Å². The Bertz CT molecular complexity index is 1050. The maximum atomic E-state index is 13.7. The number of nitrogens with zero attached hydrogens (tertiary/aromatic N) is 2. The Hall–Kier alpha value is -3.01. The molecule has 2 atom stereocenters. The minimum absolute atomic E-state index is 0.121. The molecule has 3 aromatic rings. The Morgan fingerprint density at radius 2 is 2.14 bits per heavy atom. The van der Waals surface area contributed by atoms with Crippen LogP contribution in [0.15, 0.2) is 41.8 Å². The highest BCUT2D eigenvalue weighted by atomic mass is 32.1. The Kier molecular flexibility index (Phi) is 4.73. The first kappa shape index (κ1) is 19.3. The predicted octanol–water partition coefficient (Wildman–Crippen LogP) is 4.87. The highest BCUT2D eigenvalue weighted by Gasteiger charge is 2.47. The molecule has 10 heteroatoms. The molecule has 3 heterocycles. The number of halogens is 3. The Morgan fingerprint density at radius 3 is 2.83 bits per heavy atom. The van der Waals surface area contributed by atoms with E-state index in [1.807, 2.05) is 0 Å². The number of fused-ring (bicyclic) bond motifs is 1. The second kappa shape index (κ2) is 7.11. The number of phenols is 1. The van der Waals surface area contributed by atoms with Crippen molar-refractivity contribution in [2.45, 2.75) is 31.6 Å². The molecule has 0 aliphatic carbocycles. The number of hydrogen-bond acceptors (Lipinski definition) is 5. The first-order valence-electron chi connectivity index (χ1n) is 8.79. The van der Waals surface area contributed by atoms with Gasteiger partial charge in [-0.25, -0.2) is 4.68 Å². The fraction of sp³-hybridized carbons (Fsp3) is 0.263. The van der Waals surface area contributed by atoms with E-state index in [1.54, 1.807) is 36.6 Å². The number of anilines is 2. The largest absolute Gasteiger partial charge is 0.506 e. The number of thiophene rings is 1. The van der Waals surface area contributed by atoms with Crippen molar-refractivity contribution in [1.82, 2.24) is 9.78 Å². The van der Waals surface area contributed by atoms with Crippen LogP contribution in [0.2, 0.25) is 0 Å². The summed E-state index contributed by atoms with van der Waals surface area (Å²) in [4.78, 5) is 13.3. The van der Waals surface area contributed by atoms with Gasteiger partial charge in [0.1, 0.15) is 11.6 Å². The summed E-state index contributed by atoms with van der Waals surface area (Å²) < 4.78 is 41.8. The number of rotatable bonds is 3. The van der Waals surface area contributed by atoms with Crippen LogP contribution < -0.4 is 10.6 Å². The highest BCUT2D eigenvalue weighted by molar-refractivity contribution is 7.10. The van der Waals surface area contributed by atoms with Gasteiger partial charge in [-0.05, 0) is 36.1 Å². The van der Waals surface area contributed by atoms with Gasteiger partial charge in [0, 0.05) is 17.4 Å². The zero-order chi connectivity index (χ0) is 20.8. The van der Waals surface area contributed by atoms with Gasteiger partial charge in [0.05, 0.1) is 11.7 Å². The molecule has 0 unspecified atom stereocenters. The normalized spacial score (nSPS) is 18.8. The van der Waals surface area contributed by atoms with E-state index in [-0.39, 0.29) is 29.4 Å². The molecule has 3 N–H and O–H groups in total. The van der Waals surface area contributed by atoms with Gasteiger partial charge in [0.15, 0.2) is 11.7 Å². The molecule has 1 aliphatic rings. The Balaban J connectivity index is 1.65. The van der Waals surface area contributed by atoms with Crippen LogP contribution in [-0.2, 0) is 0 Å². The number of aromatic hydroxyl groups is 1. The van der Waals surface area contributed by atoms with Gasteiger partial charge in [-0.3, -0.25) is 4.79 Å². The third-order valence-electron chi connectivity index (χ3n) is 4.71. The molecule has 0 fully saturated rings. The molecule has 0 radical (unpaired) electrons. The van der Waals surface area contributed by atoms with Crippen LogP contribution in [-0.4, -0.2) is 27.0 Å². The Morgan fingerprint density at radius 1 is 1.34 bits per heavy atom. The van der Waals surface area contributed by atoms with Crippen molar-refractivity contribution in [3.05, 3.63) is 57.9 Å². The lowest BCUT2D eigenvalue weighted by atomic mass is 10.0. The summed E-state index contributed by atoms with van der Waals surface area (Å²) in [7, 11) is 0. The summed E-state index contributed by atoms with van der Waals surface area (Å²) in [5.41, 5.74) is 0.798. The Labute approximate surface area is 168 Å². The lowest BCUT2D eigenvalue weighted by Gasteiger charge is -2.32.